The number of aryl methyl sites for hydroxylation is 1. The number of nitrogens with zero attached hydrogens (tertiary/aromatic N) is 2. The molecule has 1 unspecified atom stereocenters. The van der Waals surface area contributed by atoms with E-state index >= 15 is 0 Å². The average molecular weight is 429 g/mol. The van der Waals surface area contributed by atoms with Gasteiger partial charge < -0.3 is 14.4 Å². The first-order valence-corrected chi connectivity index (χ1v) is 11.8. The van der Waals surface area contributed by atoms with E-state index in [2.05, 4.69) is 88.7 Å². The van der Waals surface area contributed by atoms with Crippen molar-refractivity contribution in [3.05, 3.63) is 95.6 Å². The zero-order valence-electron chi connectivity index (χ0n) is 18.7. The highest BCUT2D eigenvalue weighted by Crippen LogP contribution is 2.37. The third kappa shape index (κ3) is 5.14. The van der Waals surface area contributed by atoms with Crippen molar-refractivity contribution in [3.63, 3.8) is 0 Å². The Morgan fingerprint density at radius 2 is 1.56 bits per heavy atom. The van der Waals surface area contributed by atoms with E-state index in [4.69, 9.17) is 9.47 Å². The molecule has 1 fully saturated rings. The van der Waals surface area contributed by atoms with Gasteiger partial charge in [-0.1, -0.05) is 72.8 Å². The van der Waals surface area contributed by atoms with Gasteiger partial charge in [0, 0.05) is 32.7 Å². The Bertz CT molecular complexity index is 993. The number of fused-ring (bicyclic) bond motifs is 1. The molecule has 0 aliphatic carbocycles. The number of ether oxygens (including phenoxy) is 2. The molecule has 0 spiro atoms. The van der Waals surface area contributed by atoms with E-state index in [1.54, 1.807) is 0 Å². The van der Waals surface area contributed by atoms with Gasteiger partial charge in [0.2, 0.25) is 0 Å². The number of benzene rings is 3. The van der Waals surface area contributed by atoms with Gasteiger partial charge in [0.05, 0.1) is 12.3 Å². The van der Waals surface area contributed by atoms with Crippen LogP contribution in [0.25, 0.3) is 0 Å². The van der Waals surface area contributed by atoms with Crippen molar-refractivity contribution >= 4 is 5.69 Å². The Hall–Kier alpha value is -2.82. The summed E-state index contributed by atoms with van der Waals surface area (Å²) < 4.78 is 12.5. The molecule has 4 heteroatoms. The summed E-state index contributed by atoms with van der Waals surface area (Å²) in [7, 11) is 0. The molecule has 0 bridgehead atoms. The van der Waals surface area contributed by atoms with Crippen molar-refractivity contribution < 1.29 is 9.47 Å². The van der Waals surface area contributed by atoms with Crippen molar-refractivity contribution in [1.82, 2.24) is 4.90 Å². The van der Waals surface area contributed by atoms with E-state index in [1.807, 2.05) is 0 Å². The normalized spacial score (nSPS) is 18.9. The molecule has 0 aromatic heterocycles. The van der Waals surface area contributed by atoms with Crippen LogP contribution in [0.1, 0.15) is 23.1 Å². The molecular formula is C28H32N2O2. The second kappa shape index (κ2) is 10.2. The summed E-state index contributed by atoms with van der Waals surface area (Å²) in [6.07, 6.45) is 2.39. The van der Waals surface area contributed by atoms with Crippen molar-refractivity contribution in [3.8, 4) is 5.75 Å². The van der Waals surface area contributed by atoms with Crippen LogP contribution < -0.4 is 9.64 Å². The maximum absolute atomic E-state index is 6.42. The highest BCUT2D eigenvalue weighted by Gasteiger charge is 2.24. The Morgan fingerprint density at radius 3 is 2.34 bits per heavy atom. The van der Waals surface area contributed by atoms with E-state index in [9.17, 15) is 0 Å². The lowest BCUT2D eigenvalue weighted by molar-refractivity contribution is -0.0503. The molecule has 166 valence electrons. The van der Waals surface area contributed by atoms with Crippen LogP contribution in [0.3, 0.4) is 0 Å². The molecule has 32 heavy (non-hydrogen) atoms. The van der Waals surface area contributed by atoms with Gasteiger partial charge in [-0.15, -0.1) is 0 Å². The Kier molecular flexibility index (Phi) is 6.71. The van der Waals surface area contributed by atoms with Gasteiger partial charge in [-0.05, 0) is 35.6 Å². The predicted octanol–water partition coefficient (Wildman–Crippen LogP) is 4.92. The second-order valence-electron chi connectivity index (χ2n) is 8.80. The Balaban J connectivity index is 1.25. The maximum atomic E-state index is 6.42. The minimum atomic E-state index is 0.0921. The van der Waals surface area contributed by atoms with Crippen LogP contribution in [0.5, 0.6) is 5.75 Å². The van der Waals surface area contributed by atoms with E-state index in [-0.39, 0.29) is 6.10 Å². The lowest BCUT2D eigenvalue weighted by atomic mass is 10.00. The van der Waals surface area contributed by atoms with Gasteiger partial charge >= 0.3 is 0 Å². The van der Waals surface area contributed by atoms with E-state index < -0.39 is 0 Å². The number of hydrogen-bond donors (Lipinski definition) is 0. The molecule has 0 saturated carbocycles. The Labute approximate surface area is 191 Å². The summed E-state index contributed by atoms with van der Waals surface area (Å²) >= 11 is 0. The fourth-order valence-electron chi connectivity index (χ4n) is 4.83. The standard InChI is InChI=1S/C28H32N2O2/c1-3-9-23(10-4-1)19-29-17-18-31-26(21-29)22-32-27-15-7-13-25-14-8-16-30(28(25)27)20-24-11-5-2-6-12-24/h1-7,9-13,15,26H,8,14,16-22H2. The average Bonchev–Trinajstić information content (AvgIpc) is 2.84. The SMILES string of the molecule is c1ccc(CN2CCOC(COc3cccc4c3N(Cc3ccccc3)CCC4)C2)cc1. The molecule has 0 N–H and O–H groups in total. The summed E-state index contributed by atoms with van der Waals surface area (Å²) in [5, 5.41) is 0. The molecule has 3 aromatic carbocycles. The van der Waals surface area contributed by atoms with Crippen LogP contribution in [0.4, 0.5) is 5.69 Å². The van der Waals surface area contributed by atoms with Crippen molar-refractivity contribution in [2.45, 2.75) is 32.0 Å². The zero-order valence-corrected chi connectivity index (χ0v) is 18.7. The number of rotatable bonds is 7. The van der Waals surface area contributed by atoms with E-state index in [0.29, 0.717) is 6.61 Å². The second-order valence-corrected chi connectivity index (χ2v) is 8.80. The quantitative estimate of drug-likeness (QED) is 0.533. The van der Waals surface area contributed by atoms with E-state index in [0.717, 1.165) is 51.5 Å². The molecule has 0 amide bonds. The van der Waals surface area contributed by atoms with E-state index in [1.165, 1.54) is 28.8 Å². The predicted molar refractivity (Wildman–Crippen MR) is 129 cm³/mol. The van der Waals surface area contributed by atoms with Crippen LogP contribution in [0.15, 0.2) is 78.9 Å². The number of morpholine rings is 1. The maximum Gasteiger partial charge on any atom is 0.143 e. The van der Waals surface area contributed by atoms with Gasteiger partial charge in [-0.2, -0.15) is 0 Å². The Morgan fingerprint density at radius 1 is 0.812 bits per heavy atom. The van der Waals surface area contributed by atoms with Crippen molar-refractivity contribution in [2.24, 2.45) is 0 Å². The summed E-state index contributed by atoms with van der Waals surface area (Å²) in [5.74, 6) is 0.988. The summed E-state index contributed by atoms with van der Waals surface area (Å²) in [5.41, 5.74) is 5.34. The molecule has 2 aliphatic heterocycles. The van der Waals surface area contributed by atoms with Gasteiger partial charge in [-0.25, -0.2) is 0 Å². The molecule has 2 aliphatic rings. The molecule has 2 heterocycles. The lowest BCUT2D eigenvalue weighted by Gasteiger charge is -2.35. The van der Waals surface area contributed by atoms with Gasteiger partial charge in [0.1, 0.15) is 18.5 Å². The van der Waals surface area contributed by atoms with Gasteiger partial charge in [0.15, 0.2) is 0 Å². The first-order valence-electron chi connectivity index (χ1n) is 11.8. The smallest absolute Gasteiger partial charge is 0.143 e. The number of anilines is 1. The molecule has 0 radical (unpaired) electrons. The minimum absolute atomic E-state index is 0.0921. The fourth-order valence-corrected chi connectivity index (χ4v) is 4.83. The summed E-state index contributed by atoms with van der Waals surface area (Å²) in [6.45, 7) is 6.15. The fraction of sp³-hybridized carbons (Fsp3) is 0.357. The summed E-state index contributed by atoms with van der Waals surface area (Å²) in [6, 6.07) is 27.9. The third-order valence-electron chi connectivity index (χ3n) is 6.39. The minimum Gasteiger partial charge on any atom is -0.489 e. The molecule has 3 aromatic rings. The number of hydrogen-bond acceptors (Lipinski definition) is 4. The zero-order chi connectivity index (χ0) is 21.6. The van der Waals surface area contributed by atoms with Crippen LogP contribution in [-0.2, 0) is 24.2 Å². The third-order valence-corrected chi connectivity index (χ3v) is 6.39. The van der Waals surface area contributed by atoms with Crippen LogP contribution in [0, 0.1) is 0 Å². The molecule has 1 atom stereocenters. The first kappa shape index (κ1) is 21.0. The first-order chi connectivity index (χ1) is 15.8. The van der Waals surface area contributed by atoms with Gasteiger partial charge in [-0.3, -0.25) is 4.90 Å². The van der Waals surface area contributed by atoms with Crippen LogP contribution in [0.2, 0.25) is 0 Å². The summed E-state index contributed by atoms with van der Waals surface area (Å²) in [4.78, 5) is 4.95. The molecule has 1 saturated heterocycles. The molecule has 5 rings (SSSR count). The number of para-hydroxylation sites is 1. The highest BCUT2D eigenvalue weighted by molar-refractivity contribution is 5.65. The largest absolute Gasteiger partial charge is 0.489 e. The van der Waals surface area contributed by atoms with Crippen molar-refractivity contribution in [2.75, 3.05) is 37.7 Å². The lowest BCUT2D eigenvalue weighted by Crippen LogP contribution is -2.44. The molecule has 4 nitrogen and oxygen atoms in total. The monoisotopic (exact) mass is 428 g/mol. The van der Waals surface area contributed by atoms with Gasteiger partial charge in [0.25, 0.3) is 0 Å². The highest BCUT2D eigenvalue weighted by atomic mass is 16.5. The topological polar surface area (TPSA) is 24.9 Å². The van der Waals surface area contributed by atoms with Crippen LogP contribution in [-0.4, -0.2) is 43.9 Å². The van der Waals surface area contributed by atoms with Crippen molar-refractivity contribution in [1.29, 1.82) is 0 Å². The van der Waals surface area contributed by atoms with Crippen LogP contribution >= 0.6 is 0 Å². The molecular weight excluding hydrogens is 396 g/mol.